The second-order valence-corrected chi connectivity index (χ2v) is 13.3. The summed E-state index contributed by atoms with van der Waals surface area (Å²) < 4.78 is 78.9. The van der Waals surface area contributed by atoms with Crippen LogP contribution in [0.3, 0.4) is 0 Å². The molecule has 0 aromatic carbocycles. The van der Waals surface area contributed by atoms with Crippen LogP contribution >= 0.6 is 15.6 Å². The molecule has 0 aliphatic carbocycles. The maximum absolute atomic E-state index is 12.7. The molecule has 0 aliphatic heterocycles. The van der Waals surface area contributed by atoms with Gasteiger partial charge in [0, 0.05) is 0 Å². The van der Waals surface area contributed by atoms with E-state index in [1.165, 1.54) is 0 Å². The predicted octanol–water partition coefficient (Wildman–Crippen LogP) is 7.58. The SMILES string of the molecule is CCCCOC(COP(=O)(O)OC(=O)OP(=O)(O)OCC(OCCCC)(OCCCC)OCCCC)(OCCCC)OCCCC. The summed E-state index contributed by atoms with van der Waals surface area (Å²) in [5.41, 5.74) is 0. The fraction of sp³-hybridized carbons (Fsp3) is 0.966. The maximum atomic E-state index is 12.7. The fourth-order valence-electron chi connectivity index (χ4n) is 3.31. The van der Waals surface area contributed by atoms with Crippen LogP contribution in [-0.4, -0.2) is 80.7 Å². The Morgan fingerprint density at radius 1 is 0.478 bits per heavy atom. The van der Waals surface area contributed by atoms with Crippen molar-refractivity contribution in [2.24, 2.45) is 0 Å². The van der Waals surface area contributed by atoms with Crippen LogP contribution < -0.4 is 0 Å². The molecule has 17 heteroatoms. The van der Waals surface area contributed by atoms with E-state index in [0.717, 1.165) is 38.5 Å². The number of phosphoric acid groups is 2. The molecule has 0 amide bonds. The van der Waals surface area contributed by atoms with Gasteiger partial charge in [0.1, 0.15) is 13.2 Å². The average Bonchev–Trinajstić information content (AvgIpc) is 2.99. The average molecular weight is 711 g/mol. The Kier molecular flexibility index (Phi) is 25.8. The number of carbonyl (C=O) groups excluding carboxylic acids is 1. The topological polar surface area (TPSA) is 184 Å². The number of phosphoric ester groups is 2. The van der Waals surface area contributed by atoms with Gasteiger partial charge in [-0.3, -0.25) is 18.8 Å². The molecule has 0 rings (SSSR count). The zero-order valence-electron chi connectivity index (χ0n) is 28.7. The van der Waals surface area contributed by atoms with Crippen molar-refractivity contribution in [2.75, 3.05) is 52.9 Å². The molecule has 2 unspecified atom stereocenters. The molecule has 46 heavy (non-hydrogen) atoms. The van der Waals surface area contributed by atoms with Gasteiger partial charge in [0.2, 0.25) is 0 Å². The van der Waals surface area contributed by atoms with E-state index in [2.05, 4.69) is 9.05 Å². The van der Waals surface area contributed by atoms with Crippen LogP contribution in [0.5, 0.6) is 0 Å². The molecule has 2 atom stereocenters. The van der Waals surface area contributed by atoms with Gasteiger partial charge in [-0.2, -0.15) is 0 Å². The van der Waals surface area contributed by atoms with E-state index in [-0.39, 0.29) is 39.6 Å². The molecule has 15 nitrogen and oxygen atoms in total. The summed E-state index contributed by atoms with van der Waals surface area (Å²) in [6.45, 7) is 11.5. The summed E-state index contributed by atoms with van der Waals surface area (Å²) in [5, 5.41) is 0. The van der Waals surface area contributed by atoms with Gasteiger partial charge in [0.05, 0.1) is 39.6 Å². The van der Waals surface area contributed by atoms with Gasteiger partial charge in [-0.1, -0.05) is 80.1 Å². The molecule has 0 heterocycles. The molecule has 0 saturated heterocycles. The molecular formula is C29H60O15P2. The molecule has 0 bridgehead atoms. The lowest BCUT2D eigenvalue weighted by Crippen LogP contribution is -2.44. The molecule has 0 aromatic rings. The highest BCUT2D eigenvalue weighted by molar-refractivity contribution is 7.49. The van der Waals surface area contributed by atoms with E-state index in [9.17, 15) is 23.7 Å². The molecule has 2 N–H and O–H groups in total. The van der Waals surface area contributed by atoms with Crippen molar-refractivity contribution < 1.29 is 70.2 Å². The summed E-state index contributed by atoms with van der Waals surface area (Å²) in [7, 11) is -10.5. The minimum atomic E-state index is -5.23. The minimum Gasteiger partial charge on any atom is -0.337 e. The van der Waals surface area contributed by atoms with Crippen molar-refractivity contribution in [2.45, 2.75) is 131 Å². The molecule has 0 aliphatic rings. The number of hydrogen-bond acceptors (Lipinski definition) is 13. The Balaban J connectivity index is 5.55. The highest BCUT2D eigenvalue weighted by Crippen LogP contribution is 2.49. The Morgan fingerprint density at radius 2 is 0.696 bits per heavy atom. The van der Waals surface area contributed by atoms with Crippen molar-refractivity contribution in [1.82, 2.24) is 0 Å². The monoisotopic (exact) mass is 710 g/mol. The summed E-state index contributed by atoms with van der Waals surface area (Å²) in [6.07, 6.45) is 6.75. The van der Waals surface area contributed by atoms with Crippen LogP contribution in [0.1, 0.15) is 119 Å². The van der Waals surface area contributed by atoms with E-state index in [4.69, 9.17) is 37.5 Å². The Bertz CT molecular complexity index is 741. The fourth-order valence-corrected chi connectivity index (χ4v) is 4.57. The first-order valence-electron chi connectivity index (χ1n) is 16.6. The largest absolute Gasteiger partial charge is 0.532 e. The van der Waals surface area contributed by atoms with E-state index in [0.29, 0.717) is 38.5 Å². The third-order valence-electron chi connectivity index (χ3n) is 6.11. The molecule has 0 spiro atoms. The van der Waals surface area contributed by atoms with Gasteiger partial charge < -0.3 is 37.5 Å². The van der Waals surface area contributed by atoms with E-state index < -0.39 is 47.0 Å². The highest BCUT2D eigenvalue weighted by atomic mass is 31.2. The number of carbonyl (C=O) groups is 1. The summed E-state index contributed by atoms with van der Waals surface area (Å²) in [6, 6.07) is 0. The van der Waals surface area contributed by atoms with Gasteiger partial charge in [0.25, 0.3) is 0 Å². The Labute approximate surface area is 275 Å². The first-order chi connectivity index (χ1) is 21.9. The minimum absolute atomic E-state index is 0.204. The van der Waals surface area contributed by atoms with Crippen LogP contribution in [0.2, 0.25) is 0 Å². The van der Waals surface area contributed by atoms with Crippen LogP contribution in [0.15, 0.2) is 0 Å². The molecule has 0 fully saturated rings. The molecule has 0 saturated carbocycles. The zero-order valence-corrected chi connectivity index (χ0v) is 30.5. The van der Waals surface area contributed by atoms with Crippen LogP contribution in [0.4, 0.5) is 4.79 Å². The summed E-state index contributed by atoms with van der Waals surface area (Å²) in [4.78, 5) is 32.8. The Hall–Kier alpha value is -0.670. The van der Waals surface area contributed by atoms with E-state index in [1.54, 1.807) is 0 Å². The van der Waals surface area contributed by atoms with E-state index in [1.807, 2.05) is 41.5 Å². The quantitative estimate of drug-likeness (QED) is 0.0395. The van der Waals surface area contributed by atoms with E-state index >= 15 is 0 Å². The smallest absolute Gasteiger partial charge is 0.337 e. The van der Waals surface area contributed by atoms with Crippen molar-refractivity contribution in [3.8, 4) is 0 Å². The van der Waals surface area contributed by atoms with Gasteiger partial charge in [-0.25, -0.2) is 13.9 Å². The third-order valence-corrected chi connectivity index (χ3v) is 7.78. The lowest BCUT2D eigenvalue weighted by atomic mass is 10.3. The first-order valence-corrected chi connectivity index (χ1v) is 19.6. The second kappa shape index (κ2) is 26.2. The Morgan fingerprint density at radius 3 is 0.891 bits per heavy atom. The van der Waals surface area contributed by atoms with Gasteiger partial charge in [0.15, 0.2) is 0 Å². The van der Waals surface area contributed by atoms with Gasteiger partial charge in [-0.05, 0) is 38.5 Å². The van der Waals surface area contributed by atoms with Crippen LogP contribution in [0, 0.1) is 0 Å². The normalized spacial score (nSPS) is 15.0. The van der Waals surface area contributed by atoms with Crippen molar-refractivity contribution in [3.63, 3.8) is 0 Å². The second-order valence-electron chi connectivity index (χ2n) is 10.5. The van der Waals surface area contributed by atoms with Crippen LogP contribution in [-0.2, 0) is 55.6 Å². The van der Waals surface area contributed by atoms with Gasteiger partial charge >= 0.3 is 33.7 Å². The van der Waals surface area contributed by atoms with Crippen LogP contribution in [0.25, 0.3) is 0 Å². The number of hydrogen-bond donors (Lipinski definition) is 2. The highest BCUT2D eigenvalue weighted by Gasteiger charge is 2.42. The maximum Gasteiger partial charge on any atom is 0.532 e. The number of ether oxygens (including phenoxy) is 6. The molecule has 276 valence electrons. The number of rotatable bonds is 32. The standard InChI is InChI=1S/C29H60O15P2/c1-7-13-19-35-28(36-20-14-8-2,37-21-15-9-3)25-41-45(31,32)43-27(30)44-46(33,34)42-26-29(38-22-16-10-4,39-23-17-11-5)40-24-18-12-6/h7-26H2,1-6H3,(H,31,32)(H,33,34). The predicted molar refractivity (Wildman–Crippen MR) is 170 cm³/mol. The first kappa shape index (κ1) is 45.3. The van der Waals surface area contributed by atoms with Crippen molar-refractivity contribution in [3.05, 3.63) is 0 Å². The number of unbranched alkanes of at least 4 members (excludes halogenated alkanes) is 6. The molecule has 0 aromatic heterocycles. The molecular weight excluding hydrogens is 650 g/mol. The van der Waals surface area contributed by atoms with Crippen molar-refractivity contribution in [1.29, 1.82) is 0 Å². The third kappa shape index (κ3) is 22.1. The molecule has 0 radical (unpaired) electrons. The zero-order chi connectivity index (χ0) is 34.8. The summed E-state index contributed by atoms with van der Waals surface area (Å²) in [5.74, 6) is -3.70. The lowest BCUT2D eigenvalue weighted by molar-refractivity contribution is -0.390. The summed E-state index contributed by atoms with van der Waals surface area (Å²) >= 11 is 0. The van der Waals surface area contributed by atoms with Gasteiger partial charge in [-0.15, -0.1) is 0 Å². The van der Waals surface area contributed by atoms with Crippen molar-refractivity contribution >= 4 is 21.8 Å². The lowest BCUT2D eigenvalue weighted by Gasteiger charge is -2.33.